The lowest BCUT2D eigenvalue weighted by Gasteiger charge is -2.39. The summed E-state index contributed by atoms with van der Waals surface area (Å²) >= 11 is 0. The first-order chi connectivity index (χ1) is 24.3. The number of benzene rings is 3. The molecule has 7 atom stereocenters. The lowest BCUT2D eigenvalue weighted by atomic mass is 9.70. The molecular weight excluding hydrogens is 634 g/mol. The zero-order valence-electron chi connectivity index (χ0n) is 28.4. The quantitative estimate of drug-likeness (QED) is 0.174. The van der Waals surface area contributed by atoms with E-state index in [1.54, 1.807) is 17.1 Å². The maximum Gasteiger partial charge on any atom is 0.306 e. The Morgan fingerprint density at radius 3 is 2.52 bits per heavy atom. The van der Waals surface area contributed by atoms with Crippen LogP contribution in [0.25, 0.3) is 10.8 Å². The third-order valence-electron chi connectivity index (χ3n) is 10.5. The summed E-state index contributed by atoms with van der Waals surface area (Å²) in [6, 6.07) is 20.4. The van der Waals surface area contributed by atoms with Crippen molar-refractivity contribution in [1.29, 1.82) is 0 Å². The van der Waals surface area contributed by atoms with E-state index in [1.165, 1.54) is 4.90 Å². The van der Waals surface area contributed by atoms with E-state index in [0.717, 1.165) is 16.3 Å². The Balaban J connectivity index is 1.33. The SMILES string of the molecule is C=CCCC(=O)OC[C@@H](NC(=O)[C@@H]1[C@H]2C(=O)N([C@@H](CC)CO)[C@H](C(=O)N(CC=C)c3ccc4ccccc4c3)[C@]23CC[C@H]1O3)c1ccccc1. The molecule has 3 fully saturated rings. The van der Waals surface area contributed by atoms with Crippen molar-refractivity contribution in [2.24, 2.45) is 11.8 Å². The Morgan fingerprint density at radius 2 is 1.82 bits per heavy atom. The van der Waals surface area contributed by atoms with Crippen molar-refractivity contribution in [2.45, 2.75) is 68.9 Å². The van der Waals surface area contributed by atoms with Crippen molar-refractivity contribution in [3.05, 3.63) is 104 Å². The fourth-order valence-electron chi connectivity index (χ4n) is 8.06. The summed E-state index contributed by atoms with van der Waals surface area (Å²) < 4.78 is 12.2. The topological polar surface area (TPSA) is 125 Å². The van der Waals surface area contributed by atoms with Gasteiger partial charge in [0.25, 0.3) is 5.91 Å². The molecule has 0 aromatic heterocycles. The molecule has 3 aromatic carbocycles. The minimum atomic E-state index is -1.26. The van der Waals surface area contributed by atoms with Gasteiger partial charge in [-0.25, -0.2) is 0 Å². The number of hydrogen-bond acceptors (Lipinski definition) is 7. The predicted octanol–water partition coefficient (Wildman–Crippen LogP) is 4.87. The van der Waals surface area contributed by atoms with Crippen LogP contribution in [0.2, 0.25) is 0 Å². The number of nitrogens with one attached hydrogen (secondary N) is 1. The fourth-order valence-corrected chi connectivity index (χ4v) is 8.06. The van der Waals surface area contributed by atoms with Gasteiger partial charge >= 0.3 is 5.97 Å². The van der Waals surface area contributed by atoms with Gasteiger partial charge in [-0.2, -0.15) is 0 Å². The first-order valence-corrected chi connectivity index (χ1v) is 17.4. The van der Waals surface area contributed by atoms with Gasteiger partial charge in [-0.1, -0.05) is 79.7 Å². The number of aliphatic hydroxyl groups is 1. The molecule has 2 bridgehead atoms. The molecule has 1 spiro atoms. The molecule has 3 aliphatic rings. The van der Waals surface area contributed by atoms with Gasteiger partial charge in [-0.15, -0.1) is 13.2 Å². The van der Waals surface area contributed by atoms with Crippen molar-refractivity contribution in [2.75, 3.05) is 24.7 Å². The van der Waals surface area contributed by atoms with Gasteiger partial charge in [0.2, 0.25) is 11.8 Å². The second kappa shape index (κ2) is 15.0. The van der Waals surface area contributed by atoms with Gasteiger partial charge in [-0.05, 0) is 54.2 Å². The van der Waals surface area contributed by atoms with E-state index in [-0.39, 0.29) is 38.0 Å². The number of carbonyl (C=O) groups is 4. The second-order valence-corrected chi connectivity index (χ2v) is 13.3. The summed E-state index contributed by atoms with van der Waals surface area (Å²) in [5, 5.41) is 15.5. The monoisotopic (exact) mass is 679 g/mol. The zero-order valence-corrected chi connectivity index (χ0v) is 28.4. The molecule has 0 unspecified atom stereocenters. The summed E-state index contributed by atoms with van der Waals surface area (Å²) in [5.74, 6) is -3.37. The highest BCUT2D eigenvalue weighted by molar-refractivity contribution is 6.06. The minimum Gasteiger partial charge on any atom is -0.463 e. The summed E-state index contributed by atoms with van der Waals surface area (Å²) in [5.41, 5.74) is 0.123. The van der Waals surface area contributed by atoms with Gasteiger partial charge in [0.1, 0.15) is 18.2 Å². The number of allylic oxidation sites excluding steroid dienone is 1. The minimum absolute atomic E-state index is 0.0916. The molecule has 10 heteroatoms. The molecular formula is C40H45N3O7. The number of carbonyl (C=O) groups excluding carboxylic acids is 4. The number of fused-ring (bicyclic) bond motifs is 2. The normalized spacial score (nSPS) is 24.8. The van der Waals surface area contributed by atoms with Crippen LogP contribution in [0.15, 0.2) is 98.1 Å². The number of anilines is 1. The van der Waals surface area contributed by atoms with Gasteiger partial charge in [0.15, 0.2) is 0 Å². The van der Waals surface area contributed by atoms with Crippen LogP contribution in [0.1, 0.15) is 50.6 Å². The van der Waals surface area contributed by atoms with Crippen molar-refractivity contribution in [1.82, 2.24) is 10.2 Å². The molecule has 0 aliphatic carbocycles. The van der Waals surface area contributed by atoms with E-state index in [9.17, 15) is 24.3 Å². The summed E-state index contributed by atoms with van der Waals surface area (Å²) in [7, 11) is 0. The van der Waals surface area contributed by atoms with E-state index < -0.39 is 53.5 Å². The fraction of sp³-hybridized carbons (Fsp3) is 0.400. The molecule has 3 amide bonds. The molecule has 3 aliphatic heterocycles. The Morgan fingerprint density at radius 1 is 1.08 bits per heavy atom. The first kappa shape index (κ1) is 35.0. The Kier molecular flexibility index (Phi) is 10.5. The van der Waals surface area contributed by atoms with Crippen molar-refractivity contribution in [3.63, 3.8) is 0 Å². The highest BCUT2D eigenvalue weighted by Crippen LogP contribution is 2.59. The first-order valence-electron chi connectivity index (χ1n) is 17.4. The van der Waals surface area contributed by atoms with Gasteiger partial charge in [0, 0.05) is 18.7 Å². The van der Waals surface area contributed by atoms with E-state index in [1.807, 2.05) is 79.7 Å². The lowest BCUT2D eigenvalue weighted by molar-refractivity contribution is -0.146. The average molecular weight is 680 g/mol. The van der Waals surface area contributed by atoms with Crippen LogP contribution >= 0.6 is 0 Å². The van der Waals surface area contributed by atoms with E-state index in [4.69, 9.17) is 9.47 Å². The van der Waals surface area contributed by atoms with Crippen LogP contribution in [0.5, 0.6) is 0 Å². The van der Waals surface area contributed by atoms with Crippen LogP contribution in [-0.4, -0.2) is 77.2 Å². The Hall–Kier alpha value is -4.80. The predicted molar refractivity (Wildman–Crippen MR) is 190 cm³/mol. The Labute approximate surface area is 292 Å². The molecule has 3 heterocycles. The molecule has 10 nitrogen and oxygen atoms in total. The van der Waals surface area contributed by atoms with Crippen LogP contribution in [-0.2, 0) is 28.7 Å². The number of amides is 3. The number of rotatable bonds is 15. The van der Waals surface area contributed by atoms with Gasteiger partial charge < -0.3 is 29.7 Å². The molecule has 0 radical (unpaired) electrons. The van der Waals surface area contributed by atoms with Gasteiger partial charge in [-0.3, -0.25) is 19.2 Å². The number of aliphatic hydroxyl groups excluding tert-OH is 1. The summed E-state index contributed by atoms with van der Waals surface area (Å²) in [4.78, 5) is 59.3. The number of esters is 1. The standard InChI is InChI=1S/C40H45N3O7/c1-4-7-17-33(45)49-25-31(27-14-9-8-10-15-27)41-37(46)34-32-20-21-40(50-32)35(34)38(47)43(29(6-3)24-44)36(40)39(48)42(22-5-2)30-19-18-26-13-11-12-16-28(26)23-30/h4-5,8-16,18-19,23,29,31-32,34-36,44H,1-2,6-7,17,20-22,24-25H2,3H3,(H,41,46)/t29-,31+,32+,34-,35-,36+,40-/m0/s1. The molecule has 6 rings (SSSR count). The maximum atomic E-state index is 14.9. The Bertz CT molecular complexity index is 1760. The van der Waals surface area contributed by atoms with Crippen molar-refractivity contribution < 1.29 is 33.8 Å². The highest BCUT2D eigenvalue weighted by atomic mass is 16.5. The largest absolute Gasteiger partial charge is 0.463 e. The zero-order chi connectivity index (χ0) is 35.4. The third-order valence-corrected chi connectivity index (χ3v) is 10.5. The second-order valence-electron chi connectivity index (χ2n) is 13.3. The molecule has 3 saturated heterocycles. The average Bonchev–Trinajstić information content (AvgIpc) is 3.79. The van der Waals surface area contributed by atoms with Crippen LogP contribution < -0.4 is 10.2 Å². The number of likely N-dealkylation sites (tertiary alicyclic amines) is 1. The van der Waals surface area contributed by atoms with Crippen molar-refractivity contribution in [3.8, 4) is 0 Å². The summed E-state index contributed by atoms with van der Waals surface area (Å²) in [6.07, 6.45) is 4.64. The van der Waals surface area contributed by atoms with Crippen molar-refractivity contribution >= 4 is 40.2 Å². The lowest BCUT2D eigenvalue weighted by Crippen LogP contribution is -2.59. The van der Waals surface area contributed by atoms with Crippen LogP contribution in [0.3, 0.4) is 0 Å². The molecule has 3 aromatic rings. The molecule has 0 saturated carbocycles. The smallest absolute Gasteiger partial charge is 0.306 e. The van der Waals surface area contributed by atoms with Gasteiger partial charge in [0.05, 0.1) is 36.6 Å². The number of hydrogen-bond donors (Lipinski definition) is 2. The molecule has 50 heavy (non-hydrogen) atoms. The number of ether oxygens (including phenoxy) is 2. The van der Waals surface area contributed by atoms with E-state index >= 15 is 0 Å². The molecule has 262 valence electrons. The highest BCUT2D eigenvalue weighted by Gasteiger charge is 2.75. The van der Waals surface area contributed by atoms with Crippen LogP contribution in [0.4, 0.5) is 5.69 Å². The summed E-state index contributed by atoms with van der Waals surface area (Å²) in [6.45, 7) is 9.16. The maximum absolute atomic E-state index is 14.9. The number of nitrogens with zero attached hydrogens (tertiary/aromatic N) is 2. The van der Waals surface area contributed by atoms with E-state index in [0.29, 0.717) is 31.4 Å². The molecule has 2 N–H and O–H groups in total. The van der Waals surface area contributed by atoms with E-state index in [2.05, 4.69) is 18.5 Å². The van der Waals surface area contributed by atoms with Crippen LogP contribution in [0, 0.1) is 11.8 Å². The third kappa shape index (κ3) is 6.33.